The summed E-state index contributed by atoms with van der Waals surface area (Å²) in [5.74, 6) is -0.690. The van der Waals surface area contributed by atoms with E-state index in [2.05, 4.69) is 16.3 Å². The van der Waals surface area contributed by atoms with E-state index >= 15 is 0 Å². The quantitative estimate of drug-likeness (QED) is 0.666. The average Bonchev–Trinajstić information content (AvgIpc) is 3.16. The molecule has 1 heterocycles. The number of nitrogens with one attached hydrogen (secondary N) is 1. The maximum Gasteiger partial charge on any atom is 0.309 e. The molecule has 0 bridgehead atoms. The number of carbonyl (C=O) groups excluding carboxylic acids is 2. The first-order chi connectivity index (χ1) is 11.7. The molecule has 1 amide bonds. The maximum absolute atomic E-state index is 11.9. The van der Waals surface area contributed by atoms with Gasteiger partial charge in [-0.25, -0.2) is 0 Å². The third kappa shape index (κ3) is 4.37. The number of benzene rings is 1. The Morgan fingerprint density at radius 3 is 2.54 bits per heavy atom. The zero-order valence-corrected chi connectivity index (χ0v) is 13.9. The second-order valence-electron chi connectivity index (χ2n) is 6.38. The number of anilines is 2. The Hall–Kier alpha value is -2.30. The number of esters is 1. The smallest absolute Gasteiger partial charge is 0.309 e. The third-order valence-electron chi connectivity index (χ3n) is 4.57. The van der Waals surface area contributed by atoms with Gasteiger partial charge in [-0.3, -0.25) is 9.59 Å². The molecule has 1 fully saturated rings. The molecule has 0 saturated carbocycles. The number of carbonyl (C=O) groups is 2. The summed E-state index contributed by atoms with van der Waals surface area (Å²) in [6.45, 7) is 1.96. The van der Waals surface area contributed by atoms with Crippen LogP contribution >= 0.6 is 0 Å². The van der Waals surface area contributed by atoms with Gasteiger partial charge in [0.05, 0.1) is 5.92 Å². The fourth-order valence-electron chi connectivity index (χ4n) is 3.19. The van der Waals surface area contributed by atoms with Crippen molar-refractivity contribution in [2.24, 2.45) is 5.92 Å². The number of hydrogen-bond acceptors (Lipinski definition) is 4. The lowest BCUT2D eigenvalue weighted by Gasteiger charge is -2.18. The van der Waals surface area contributed by atoms with Crippen molar-refractivity contribution in [3.05, 3.63) is 36.4 Å². The van der Waals surface area contributed by atoms with Gasteiger partial charge in [-0.05, 0) is 56.4 Å². The molecular formula is C19H24N2O3. The van der Waals surface area contributed by atoms with E-state index < -0.39 is 0 Å². The summed E-state index contributed by atoms with van der Waals surface area (Å²) in [6, 6.07) is 7.81. The van der Waals surface area contributed by atoms with Crippen LogP contribution in [-0.4, -0.2) is 31.6 Å². The second kappa shape index (κ2) is 7.99. The van der Waals surface area contributed by atoms with Crippen LogP contribution in [0.15, 0.2) is 36.4 Å². The molecule has 1 N–H and O–H groups in total. The van der Waals surface area contributed by atoms with Crippen molar-refractivity contribution in [1.82, 2.24) is 0 Å². The molecule has 0 aromatic heterocycles. The zero-order valence-electron chi connectivity index (χ0n) is 13.9. The summed E-state index contributed by atoms with van der Waals surface area (Å²) in [5.41, 5.74) is 1.90. The molecule has 5 heteroatoms. The second-order valence-corrected chi connectivity index (χ2v) is 6.38. The molecule has 0 spiro atoms. The van der Waals surface area contributed by atoms with E-state index in [9.17, 15) is 9.59 Å². The van der Waals surface area contributed by atoms with Gasteiger partial charge < -0.3 is 15.0 Å². The van der Waals surface area contributed by atoms with Crippen LogP contribution in [0.5, 0.6) is 0 Å². The average molecular weight is 328 g/mol. The molecule has 3 rings (SSSR count). The highest BCUT2D eigenvalue weighted by atomic mass is 16.5. The Bertz CT molecular complexity index is 604. The van der Waals surface area contributed by atoms with Gasteiger partial charge in [0, 0.05) is 24.5 Å². The molecule has 1 atom stereocenters. The molecule has 24 heavy (non-hydrogen) atoms. The predicted octanol–water partition coefficient (Wildman–Crippen LogP) is 3.12. The minimum atomic E-state index is -0.302. The Kier molecular flexibility index (Phi) is 5.51. The van der Waals surface area contributed by atoms with Crippen molar-refractivity contribution in [2.75, 3.05) is 29.9 Å². The number of nitrogens with zero attached hydrogens (tertiary/aromatic N) is 1. The normalized spacial score (nSPS) is 20.0. The van der Waals surface area contributed by atoms with E-state index in [0.29, 0.717) is 6.42 Å². The largest absolute Gasteiger partial charge is 0.455 e. The molecule has 128 valence electrons. The van der Waals surface area contributed by atoms with Crippen LogP contribution in [0.3, 0.4) is 0 Å². The fourth-order valence-corrected chi connectivity index (χ4v) is 3.19. The van der Waals surface area contributed by atoms with Gasteiger partial charge in [-0.2, -0.15) is 0 Å². The minimum absolute atomic E-state index is 0.109. The fraction of sp³-hybridized carbons (Fsp3) is 0.474. The van der Waals surface area contributed by atoms with Crippen molar-refractivity contribution in [1.29, 1.82) is 0 Å². The highest BCUT2D eigenvalue weighted by molar-refractivity contribution is 5.93. The summed E-state index contributed by atoms with van der Waals surface area (Å²) < 4.78 is 5.13. The van der Waals surface area contributed by atoms with Gasteiger partial charge in [-0.15, -0.1) is 0 Å². The highest BCUT2D eigenvalue weighted by Crippen LogP contribution is 2.22. The van der Waals surface area contributed by atoms with Gasteiger partial charge in [0.25, 0.3) is 5.91 Å². The van der Waals surface area contributed by atoms with Crippen LogP contribution in [0.4, 0.5) is 11.4 Å². The lowest BCUT2D eigenvalue weighted by molar-refractivity contribution is -0.151. The predicted molar refractivity (Wildman–Crippen MR) is 94.0 cm³/mol. The van der Waals surface area contributed by atoms with Crippen LogP contribution in [0.1, 0.15) is 32.1 Å². The van der Waals surface area contributed by atoms with Crippen LogP contribution in [0.25, 0.3) is 0 Å². The first kappa shape index (κ1) is 16.6. The van der Waals surface area contributed by atoms with E-state index in [0.717, 1.165) is 31.6 Å². The summed E-state index contributed by atoms with van der Waals surface area (Å²) in [7, 11) is 0. The molecule has 1 aromatic carbocycles. The molecule has 1 aromatic rings. The van der Waals surface area contributed by atoms with E-state index in [-0.39, 0.29) is 24.4 Å². The van der Waals surface area contributed by atoms with Crippen molar-refractivity contribution in [2.45, 2.75) is 32.1 Å². The summed E-state index contributed by atoms with van der Waals surface area (Å²) in [6.07, 6.45) is 8.95. The lowest BCUT2D eigenvalue weighted by atomic mass is 9.95. The highest BCUT2D eigenvalue weighted by Gasteiger charge is 2.21. The Morgan fingerprint density at radius 2 is 1.88 bits per heavy atom. The molecule has 1 aliphatic heterocycles. The van der Waals surface area contributed by atoms with E-state index in [1.165, 1.54) is 18.5 Å². The van der Waals surface area contributed by atoms with Gasteiger partial charge in [0.2, 0.25) is 0 Å². The Balaban J connectivity index is 1.44. The van der Waals surface area contributed by atoms with E-state index in [1.54, 1.807) is 0 Å². The SMILES string of the molecule is O=C(COC(=O)[C@@H]1CC=CCC1)Nc1ccc(N2CCCC2)cc1. The van der Waals surface area contributed by atoms with Gasteiger partial charge in [0.1, 0.15) is 0 Å². The molecular weight excluding hydrogens is 304 g/mol. The standard InChI is InChI=1S/C19H24N2O3/c22-18(14-24-19(23)15-6-2-1-3-7-15)20-16-8-10-17(11-9-16)21-12-4-5-13-21/h1-2,8-11,15H,3-7,12-14H2,(H,20,22)/t15-/m1/s1. The van der Waals surface area contributed by atoms with Crippen LogP contribution < -0.4 is 10.2 Å². The molecule has 0 radical (unpaired) electrons. The van der Waals surface area contributed by atoms with Gasteiger partial charge in [-0.1, -0.05) is 12.2 Å². The van der Waals surface area contributed by atoms with Crippen LogP contribution in [0.2, 0.25) is 0 Å². The maximum atomic E-state index is 11.9. The Morgan fingerprint density at radius 1 is 1.12 bits per heavy atom. The van der Waals surface area contributed by atoms with Crippen molar-refractivity contribution >= 4 is 23.3 Å². The molecule has 2 aliphatic rings. The van der Waals surface area contributed by atoms with Crippen LogP contribution in [0, 0.1) is 5.92 Å². The third-order valence-corrected chi connectivity index (χ3v) is 4.57. The van der Waals surface area contributed by atoms with Crippen molar-refractivity contribution in [3.8, 4) is 0 Å². The zero-order chi connectivity index (χ0) is 16.8. The number of rotatable bonds is 5. The summed E-state index contributed by atoms with van der Waals surface area (Å²) >= 11 is 0. The van der Waals surface area contributed by atoms with Gasteiger partial charge in [0.15, 0.2) is 6.61 Å². The number of hydrogen-bond donors (Lipinski definition) is 1. The van der Waals surface area contributed by atoms with Crippen molar-refractivity contribution < 1.29 is 14.3 Å². The van der Waals surface area contributed by atoms with Crippen LogP contribution in [-0.2, 0) is 14.3 Å². The van der Waals surface area contributed by atoms with Gasteiger partial charge >= 0.3 is 5.97 Å². The first-order valence-corrected chi connectivity index (χ1v) is 8.69. The monoisotopic (exact) mass is 328 g/mol. The molecule has 1 aliphatic carbocycles. The number of ether oxygens (including phenoxy) is 1. The lowest BCUT2D eigenvalue weighted by Crippen LogP contribution is -2.25. The number of allylic oxidation sites excluding steroid dienone is 2. The topological polar surface area (TPSA) is 58.6 Å². The molecule has 0 unspecified atom stereocenters. The number of amides is 1. The minimum Gasteiger partial charge on any atom is -0.455 e. The summed E-state index contributed by atoms with van der Waals surface area (Å²) in [5, 5.41) is 2.77. The molecule has 1 saturated heterocycles. The first-order valence-electron chi connectivity index (χ1n) is 8.69. The van der Waals surface area contributed by atoms with E-state index in [1.807, 2.05) is 30.3 Å². The molecule has 5 nitrogen and oxygen atoms in total. The summed E-state index contributed by atoms with van der Waals surface area (Å²) in [4.78, 5) is 26.2. The Labute approximate surface area is 142 Å². The van der Waals surface area contributed by atoms with Crippen molar-refractivity contribution in [3.63, 3.8) is 0 Å². The van der Waals surface area contributed by atoms with E-state index in [4.69, 9.17) is 4.74 Å².